The molecule has 0 atom stereocenters. The van der Waals surface area contributed by atoms with E-state index in [0.29, 0.717) is 16.3 Å². The first-order chi connectivity index (χ1) is 27.9. The average Bonchev–Trinajstić information content (AvgIpc) is 3.59. The average molecular weight is 608 g/mol. The second-order valence-electron chi connectivity index (χ2n) is 11.6. The van der Waals surface area contributed by atoms with Crippen LogP contribution in [0.3, 0.4) is 0 Å². The molecule has 1 heteroatoms. The summed E-state index contributed by atoms with van der Waals surface area (Å²) in [5.74, 6) is 0. The van der Waals surface area contributed by atoms with Crippen molar-refractivity contribution in [3.05, 3.63) is 170 Å². The van der Waals surface area contributed by atoms with Crippen LogP contribution in [0.1, 0.15) is 15.1 Å². The van der Waals surface area contributed by atoms with Crippen molar-refractivity contribution < 1.29 is 19.5 Å². The highest BCUT2D eigenvalue weighted by molar-refractivity contribution is 6.24. The van der Waals surface area contributed by atoms with Gasteiger partial charge in [-0.25, -0.2) is 0 Å². The molecule has 0 radical (unpaired) electrons. The molecular weight excluding hydrogens is 569 g/mol. The Bertz CT molecular complexity index is 3390. The Kier molecular flexibility index (Phi) is 3.79. The lowest BCUT2D eigenvalue weighted by Gasteiger charge is -2.19. The highest BCUT2D eigenvalue weighted by Gasteiger charge is 2.20. The summed E-state index contributed by atoms with van der Waals surface area (Å²) < 4.78 is 104. The van der Waals surface area contributed by atoms with Crippen molar-refractivity contribution in [2.45, 2.75) is 0 Å². The van der Waals surface area contributed by atoms with Gasteiger partial charge in [0.2, 0.25) is 0 Å². The lowest BCUT2D eigenvalue weighted by atomic mass is 9.83. The maximum Gasteiger partial charge on any atom is 0.136 e. The summed E-state index contributed by atoms with van der Waals surface area (Å²) in [7, 11) is 0. The summed E-state index contributed by atoms with van der Waals surface area (Å²) in [4.78, 5) is 0. The molecule has 0 saturated carbocycles. The van der Waals surface area contributed by atoms with Gasteiger partial charge in [-0.2, -0.15) is 0 Å². The maximum absolute atomic E-state index is 9.88. The first-order valence-electron chi connectivity index (χ1n) is 20.8. The van der Waals surface area contributed by atoms with E-state index in [-0.39, 0.29) is 21.9 Å². The van der Waals surface area contributed by atoms with E-state index in [4.69, 9.17) is 15.4 Å². The number of hydrogen-bond donors (Lipinski definition) is 0. The fourth-order valence-electron chi connectivity index (χ4n) is 6.95. The van der Waals surface area contributed by atoms with Gasteiger partial charge in [0.15, 0.2) is 0 Å². The van der Waals surface area contributed by atoms with Crippen LogP contribution in [0.15, 0.2) is 174 Å². The van der Waals surface area contributed by atoms with Crippen LogP contribution in [0.4, 0.5) is 0 Å². The number of rotatable bonds is 3. The number of furan rings is 1. The molecule has 1 aromatic heterocycles. The van der Waals surface area contributed by atoms with Crippen LogP contribution in [-0.4, -0.2) is 0 Å². The third-order valence-electron chi connectivity index (χ3n) is 9.00. The Morgan fingerprint density at radius 1 is 0.383 bits per heavy atom. The number of benzene rings is 9. The molecule has 9 aromatic carbocycles. The van der Waals surface area contributed by atoms with E-state index in [9.17, 15) is 4.11 Å². The molecule has 1 nitrogen and oxygen atoms in total. The highest BCUT2D eigenvalue weighted by atomic mass is 16.3. The minimum atomic E-state index is -0.651. The molecule has 0 aliphatic rings. The first-order valence-corrected chi connectivity index (χ1v) is 15.3. The van der Waals surface area contributed by atoms with Crippen molar-refractivity contribution in [2.24, 2.45) is 0 Å². The van der Waals surface area contributed by atoms with Crippen molar-refractivity contribution in [2.75, 3.05) is 0 Å². The normalized spacial score (nSPS) is 15.1. The van der Waals surface area contributed by atoms with Gasteiger partial charge in [0.05, 0.1) is 15.1 Å². The van der Waals surface area contributed by atoms with Gasteiger partial charge in [0.1, 0.15) is 11.2 Å². The molecule has 218 valence electrons. The molecule has 0 aliphatic carbocycles. The Morgan fingerprint density at radius 3 is 1.74 bits per heavy atom. The van der Waals surface area contributed by atoms with Gasteiger partial charge in [-0.05, 0) is 113 Å². The zero-order valence-corrected chi connectivity index (χ0v) is 24.7. The molecule has 47 heavy (non-hydrogen) atoms. The summed E-state index contributed by atoms with van der Waals surface area (Å²) in [6.45, 7) is 0. The van der Waals surface area contributed by atoms with Crippen LogP contribution in [0.5, 0.6) is 0 Å². The molecule has 0 aliphatic heterocycles. The first kappa shape index (κ1) is 17.5. The molecule has 10 aromatic rings. The smallest absolute Gasteiger partial charge is 0.136 e. The third kappa shape index (κ3) is 4.03. The largest absolute Gasteiger partial charge is 0.456 e. The summed E-state index contributed by atoms with van der Waals surface area (Å²) in [5.41, 5.74) is 3.06. The molecule has 0 fully saturated rings. The molecule has 0 spiro atoms. The maximum atomic E-state index is 9.88. The van der Waals surface area contributed by atoms with Crippen molar-refractivity contribution in [3.63, 3.8) is 0 Å². The second-order valence-corrected chi connectivity index (χ2v) is 11.6. The highest BCUT2D eigenvalue weighted by Crippen LogP contribution is 2.47. The van der Waals surface area contributed by atoms with Gasteiger partial charge in [0.25, 0.3) is 0 Å². The zero-order valence-electron chi connectivity index (χ0n) is 35.7. The predicted molar refractivity (Wildman–Crippen MR) is 200 cm³/mol. The van der Waals surface area contributed by atoms with E-state index in [1.54, 1.807) is 0 Å². The Balaban J connectivity index is 1.37. The van der Waals surface area contributed by atoms with Gasteiger partial charge < -0.3 is 4.42 Å². The molecular formula is C46H28O. The van der Waals surface area contributed by atoms with Crippen LogP contribution < -0.4 is 0 Å². The Hall–Kier alpha value is -6.18. The zero-order chi connectivity index (χ0) is 40.5. The van der Waals surface area contributed by atoms with Gasteiger partial charge in [0, 0.05) is 10.8 Å². The monoisotopic (exact) mass is 607 g/mol. The standard InChI is InChI=1S/C46H28O/c1-2-12-29(13-3-1)34-24-32-16-6-7-17-35(32)42(27-34)46-38-20-10-8-18-36(38)45(37-19-9-11-21-39(37)46)33-22-23-43-40(26-33)41-25-30-14-4-5-15-31(30)28-44(41)47-43/h1-28H/i1D,2D,3D,6D,7D,12D,13D,16D,17D,24D,27D. The molecule has 0 unspecified atom stereocenters. The molecule has 0 saturated heterocycles. The summed E-state index contributed by atoms with van der Waals surface area (Å²) in [6.07, 6.45) is 0. The van der Waals surface area contributed by atoms with Crippen LogP contribution in [0.25, 0.3) is 98.4 Å². The fraction of sp³-hybridized carbons (Fsp3) is 0. The molecule has 0 N–H and O–H groups in total. The lowest BCUT2D eigenvalue weighted by molar-refractivity contribution is 0.669. The van der Waals surface area contributed by atoms with Crippen LogP contribution >= 0.6 is 0 Å². The van der Waals surface area contributed by atoms with E-state index in [0.717, 1.165) is 54.6 Å². The van der Waals surface area contributed by atoms with Crippen molar-refractivity contribution in [3.8, 4) is 33.4 Å². The summed E-state index contributed by atoms with van der Waals surface area (Å²) in [5, 5.41) is 6.61. The number of hydrogen-bond acceptors (Lipinski definition) is 1. The van der Waals surface area contributed by atoms with Crippen molar-refractivity contribution in [1.29, 1.82) is 0 Å². The van der Waals surface area contributed by atoms with Gasteiger partial charge in [-0.1, -0.05) is 133 Å². The van der Waals surface area contributed by atoms with Gasteiger partial charge in [-0.15, -0.1) is 0 Å². The second kappa shape index (κ2) is 10.2. The van der Waals surface area contributed by atoms with E-state index in [2.05, 4.69) is 24.3 Å². The predicted octanol–water partition coefficient (Wildman–Crippen LogP) is 13.2. The SMILES string of the molecule is [2H]c1c([2H])c([2H])c(-c2c([2H])c(-c3c4ccccc4c(-c4ccc5oc6cc7ccccc7cc6c5c4)c4ccccc34)c3c([2H])c([2H])c([2H])c([2H])c3c2[2H])c([2H])c1[2H]. The van der Waals surface area contributed by atoms with Gasteiger partial charge >= 0.3 is 0 Å². The third-order valence-corrected chi connectivity index (χ3v) is 9.00. The van der Waals surface area contributed by atoms with E-state index in [1.807, 2.05) is 78.9 Å². The summed E-state index contributed by atoms with van der Waals surface area (Å²) in [6, 6.07) is 27.3. The molecule has 1 heterocycles. The van der Waals surface area contributed by atoms with Crippen LogP contribution in [-0.2, 0) is 0 Å². The minimum absolute atomic E-state index is 0.0573. The van der Waals surface area contributed by atoms with Gasteiger partial charge in [-0.3, -0.25) is 0 Å². The molecule has 0 amide bonds. The van der Waals surface area contributed by atoms with Crippen LogP contribution in [0.2, 0.25) is 0 Å². The van der Waals surface area contributed by atoms with Crippen molar-refractivity contribution >= 4 is 65.0 Å². The van der Waals surface area contributed by atoms with Crippen molar-refractivity contribution in [1.82, 2.24) is 0 Å². The topological polar surface area (TPSA) is 13.1 Å². The quantitative estimate of drug-likeness (QED) is 0.182. The fourth-order valence-corrected chi connectivity index (χ4v) is 6.95. The lowest BCUT2D eigenvalue weighted by Crippen LogP contribution is -1.92. The Morgan fingerprint density at radius 2 is 1.00 bits per heavy atom. The van der Waals surface area contributed by atoms with Crippen LogP contribution in [0, 0.1) is 0 Å². The number of fused-ring (bicyclic) bond motifs is 7. The Labute approximate surface area is 287 Å². The minimum Gasteiger partial charge on any atom is -0.456 e. The van der Waals surface area contributed by atoms with E-state index < -0.39 is 72.0 Å². The van der Waals surface area contributed by atoms with E-state index >= 15 is 0 Å². The summed E-state index contributed by atoms with van der Waals surface area (Å²) >= 11 is 0. The molecule has 10 rings (SSSR count). The molecule has 0 bridgehead atoms. The van der Waals surface area contributed by atoms with E-state index in [1.165, 1.54) is 0 Å².